The van der Waals surface area contributed by atoms with Crippen molar-refractivity contribution in [3.05, 3.63) is 47.8 Å². The second kappa shape index (κ2) is 11.8. The van der Waals surface area contributed by atoms with E-state index in [0.29, 0.717) is 5.92 Å². The molecular formula is C27H41F. The first-order valence-electron chi connectivity index (χ1n) is 12.2. The van der Waals surface area contributed by atoms with E-state index in [1.807, 2.05) is 0 Å². The number of allylic oxidation sites excluding steroid dienone is 2. The number of benzene rings is 1. The standard InChI is InChI=1S/C27H41F/c1-2-3-4-5-7-10-22-13-15-24(16-14-22)27(21-23-11-8-6-9-12-23)25-17-19-26(28)20-18-25/h6,8,17-20,22-24,27H,2-5,7,9-16,21H2,1H3. The monoisotopic (exact) mass is 384 g/mol. The van der Waals surface area contributed by atoms with E-state index in [2.05, 4.69) is 31.2 Å². The summed E-state index contributed by atoms with van der Waals surface area (Å²) >= 11 is 0. The van der Waals surface area contributed by atoms with Crippen molar-refractivity contribution in [1.29, 1.82) is 0 Å². The summed E-state index contributed by atoms with van der Waals surface area (Å²) in [5.41, 5.74) is 1.39. The molecule has 0 amide bonds. The minimum Gasteiger partial charge on any atom is -0.207 e. The van der Waals surface area contributed by atoms with Gasteiger partial charge in [0.2, 0.25) is 0 Å². The lowest BCUT2D eigenvalue weighted by Gasteiger charge is -2.36. The minimum atomic E-state index is -0.102. The number of rotatable bonds is 10. The second-order valence-electron chi connectivity index (χ2n) is 9.53. The zero-order valence-corrected chi connectivity index (χ0v) is 18.1. The maximum absolute atomic E-state index is 13.5. The maximum atomic E-state index is 13.5. The molecule has 0 aromatic heterocycles. The lowest BCUT2D eigenvalue weighted by Crippen LogP contribution is -2.23. The predicted octanol–water partition coefficient (Wildman–Crippen LogP) is 8.82. The number of unbranched alkanes of at least 4 members (excludes halogenated alkanes) is 4. The first-order valence-corrected chi connectivity index (χ1v) is 12.2. The van der Waals surface area contributed by atoms with Crippen LogP contribution in [0.15, 0.2) is 36.4 Å². The molecule has 0 aliphatic heterocycles. The van der Waals surface area contributed by atoms with Gasteiger partial charge in [0.1, 0.15) is 5.82 Å². The van der Waals surface area contributed by atoms with Crippen molar-refractivity contribution in [3.63, 3.8) is 0 Å². The molecule has 0 bridgehead atoms. The second-order valence-corrected chi connectivity index (χ2v) is 9.53. The Labute approximate surface area is 173 Å². The fourth-order valence-electron chi connectivity index (χ4n) is 5.66. The lowest BCUT2D eigenvalue weighted by atomic mass is 9.69. The van der Waals surface area contributed by atoms with E-state index in [4.69, 9.17) is 0 Å². The van der Waals surface area contributed by atoms with Gasteiger partial charge in [0, 0.05) is 0 Å². The first-order chi connectivity index (χ1) is 13.8. The van der Waals surface area contributed by atoms with E-state index in [0.717, 1.165) is 17.8 Å². The van der Waals surface area contributed by atoms with Gasteiger partial charge in [-0.3, -0.25) is 0 Å². The van der Waals surface area contributed by atoms with Crippen molar-refractivity contribution < 1.29 is 4.39 Å². The summed E-state index contributed by atoms with van der Waals surface area (Å²) in [6.45, 7) is 2.29. The number of hydrogen-bond donors (Lipinski definition) is 0. The Bertz CT molecular complexity index is 564. The highest BCUT2D eigenvalue weighted by atomic mass is 19.1. The Morgan fingerprint density at radius 1 is 0.857 bits per heavy atom. The molecule has 1 fully saturated rings. The molecule has 0 saturated heterocycles. The van der Waals surface area contributed by atoms with E-state index < -0.39 is 0 Å². The molecule has 0 heterocycles. The van der Waals surface area contributed by atoms with Gasteiger partial charge in [0.25, 0.3) is 0 Å². The summed E-state index contributed by atoms with van der Waals surface area (Å²) in [4.78, 5) is 0. The van der Waals surface area contributed by atoms with Crippen molar-refractivity contribution in [2.75, 3.05) is 0 Å². The van der Waals surface area contributed by atoms with Gasteiger partial charge >= 0.3 is 0 Å². The van der Waals surface area contributed by atoms with Crippen molar-refractivity contribution in [2.45, 2.75) is 103 Å². The quantitative estimate of drug-likeness (QED) is 0.279. The average Bonchev–Trinajstić information content (AvgIpc) is 2.74. The summed E-state index contributed by atoms with van der Waals surface area (Å²) in [5, 5.41) is 0. The average molecular weight is 385 g/mol. The van der Waals surface area contributed by atoms with Crippen LogP contribution >= 0.6 is 0 Å². The highest BCUT2D eigenvalue weighted by Gasteiger charge is 2.30. The summed E-state index contributed by atoms with van der Waals surface area (Å²) in [6.07, 6.45) is 23.9. The molecule has 1 aromatic carbocycles. The molecule has 2 aliphatic carbocycles. The first kappa shape index (κ1) is 21.6. The molecule has 0 radical (unpaired) electrons. The van der Waals surface area contributed by atoms with Crippen LogP contribution in [0.5, 0.6) is 0 Å². The molecule has 2 unspecified atom stereocenters. The van der Waals surface area contributed by atoms with Crippen molar-refractivity contribution in [1.82, 2.24) is 0 Å². The molecule has 1 aromatic rings. The summed E-state index contributed by atoms with van der Waals surface area (Å²) in [5.74, 6) is 3.10. The van der Waals surface area contributed by atoms with Crippen molar-refractivity contribution in [3.8, 4) is 0 Å². The van der Waals surface area contributed by atoms with Gasteiger partial charge in [0.15, 0.2) is 0 Å². The van der Waals surface area contributed by atoms with Gasteiger partial charge in [-0.25, -0.2) is 4.39 Å². The van der Waals surface area contributed by atoms with Gasteiger partial charge in [-0.15, -0.1) is 0 Å². The van der Waals surface area contributed by atoms with Crippen LogP contribution in [0.3, 0.4) is 0 Å². The maximum Gasteiger partial charge on any atom is 0.123 e. The van der Waals surface area contributed by atoms with Crippen LogP contribution in [0.2, 0.25) is 0 Å². The SMILES string of the molecule is CCCCCCCC1CCC(C(CC2CC=CCC2)c2ccc(F)cc2)CC1. The van der Waals surface area contributed by atoms with Crippen LogP contribution < -0.4 is 0 Å². The fraction of sp³-hybridized carbons (Fsp3) is 0.704. The minimum absolute atomic E-state index is 0.102. The summed E-state index contributed by atoms with van der Waals surface area (Å²) in [7, 11) is 0. The fourth-order valence-corrected chi connectivity index (χ4v) is 5.66. The van der Waals surface area contributed by atoms with Crippen LogP contribution in [0.25, 0.3) is 0 Å². The zero-order chi connectivity index (χ0) is 19.6. The summed E-state index contributed by atoms with van der Waals surface area (Å²) in [6, 6.07) is 7.48. The van der Waals surface area contributed by atoms with E-state index in [-0.39, 0.29) is 5.82 Å². The van der Waals surface area contributed by atoms with Crippen LogP contribution in [-0.4, -0.2) is 0 Å². The molecule has 1 heteroatoms. The van der Waals surface area contributed by atoms with Gasteiger partial charge in [-0.1, -0.05) is 82.6 Å². The number of hydrogen-bond acceptors (Lipinski definition) is 0. The summed E-state index contributed by atoms with van der Waals surface area (Å²) < 4.78 is 13.5. The molecule has 0 spiro atoms. The Kier molecular flexibility index (Phi) is 9.09. The molecule has 3 rings (SSSR count). The number of halogens is 1. The highest BCUT2D eigenvalue weighted by molar-refractivity contribution is 5.22. The lowest BCUT2D eigenvalue weighted by molar-refractivity contribution is 0.209. The van der Waals surface area contributed by atoms with Crippen LogP contribution in [-0.2, 0) is 0 Å². The third-order valence-electron chi connectivity index (χ3n) is 7.44. The van der Waals surface area contributed by atoms with Gasteiger partial charge in [0.05, 0.1) is 0 Å². The Morgan fingerprint density at radius 3 is 2.29 bits per heavy atom. The van der Waals surface area contributed by atoms with Crippen molar-refractivity contribution in [2.24, 2.45) is 17.8 Å². The van der Waals surface area contributed by atoms with Gasteiger partial charge < -0.3 is 0 Å². The van der Waals surface area contributed by atoms with Crippen molar-refractivity contribution >= 4 is 0 Å². The van der Waals surface area contributed by atoms with E-state index >= 15 is 0 Å². The molecule has 28 heavy (non-hydrogen) atoms. The molecule has 0 N–H and O–H groups in total. The van der Waals surface area contributed by atoms with E-state index in [1.54, 1.807) is 12.1 Å². The Balaban J connectivity index is 1.53. The smallest absolute Gasteiger partial charge is 0.123 e. The van der Waals surface area contributed by atoms with Crippen LogP contribution in [0, 0.1) is 23.6 Å². The normalized spacial score (nSPS) is 26.3. The van der Waals surface area contributed by atoms with Gasteiger partial charge in [-0.05, 0) is 79.9 Å². The topological polar surface area (TPSA) is 0 Å². The zero-order valence-electron chi connectivity index (χ0n) is 18.1. The Hall–Kier alpha value is -1.11. The molecule has 2 atom stereocenters. The molecule has 156 valence electrons. The molecular weight excluding hydrogens is 343 g/mol. The van der Waals surface area contributed by atoms with Gasteiger partial charge in [-0.2, -0.15) is 0 Å². The highest BCUT2D eigenvalue weighted by Crippen LogP contribution is 2.44. The largest absolute Gasteiger partial charge is 0.207 e. The third-order valence-corrected chi connectivity index (χ3v) is 7.44. The predicted molar refractivity (Wildman–Crippen MR) is 119 cm³/mol. The molecule has 1 saturated carbocycles. The van der Waals surface area contributed by atoms with Crippen LogP contribution in [0.4, 0.5) is 4.39 Å². The van der Waals surface area contributed by atoms with E-state index in [9.17, 15) is 4.39 Å². The third kappa shape index (κ3) is 6.75. The van der Waals surface area contributed by atoms with Crippen LogP contribution in [0.1, 0.15) is 108 Å². The molecule has 2 aliphatic rings. The Morgan fingerprint density at radius 2 is 1.61 bits per heavy atom. The van der Waals surface area contributed by atoms with E-state index in [1.165, 1.54) is 95.5 Å². The molecule has 0 nitrogen and oxygen atoms in total.